The molecule has 0 aromatic heterocycles. The number of carboxylic acid groups (broad SMARTS) is 1. The monoisotopic (exact) mass is 322 g/mol. The van der Waals surface area contributed by atoms with Crippen LogP contribution in [-0.4, -0.2) is 16.2 Å². The summed E-state index contributed by atoms with van der Waals surface area (Å²) in [6.45, 7) is 0. The highest BCUT2D eigenvalue weighted by atomic mass is 79.9. The van der Waals surface area contributed by atoms with E-state index in [1.54, 1.807) is 18.2 Å². The van der Waals surface area contributed by atoms with E-state index in [1.165, 1.54) is 0 Å². The predicted molar refractivity (Wildman–Crippen MR) is 59.1 cm³/mol. The SMILES string of the molecule is O=C(O)CC(O)c1cccc(Br)c1Br. The van der Waals surface area contributed by atoms with Crippen molar-refractivity contribution in [3.63, 3.8) is 0 Å². The summed E-state index contributed by atoms with van der Waals surface area (Å²) in [6, 6.07) is 5.23. The molecule has 1 aromatic rings. The molecule has 0 aliphatic carbocycles. The van der Waals surface area contributed by atoms with E-state index in [0.29, 0.717) is 10.0 Å². The largest absolute Gasteiger partial charge is 0.481 e. The van der Waals surface area contributed by atoms with Gasteiger partial charge in [0, 0.05) is 8.95 Å². The summed E-state index contributed by atoms with van der Waals surface area (Å²) in [5, 5.41) is 18.1. The summed E-state index contributed by atoms with van der Waals surface area (Å²) < 4.78 is 1.48. The molecule has 0 saturated carbocycles. The topological polar surface area (TPSA) is 57.5 Å². The number of aliphatic carboxylic acids is 1. The molecule has 14 heavy (non-hydrogen) atoms. The van der Waals surface area contributed by atoms with Gasteiger partial charge in [0.1, 0.15) is 0 Å². The molecule has 1 atom stereocenters. The Hall–Kier alpha value is -0.390. The Balaban J connectivity index is 2.95. The van der Waals surface area contributed by atoms with E-state index in [4.69, 9.17) is 5.11 Å². The van der Waals surface area contributed by atoms with Gasteiger partial charge in [-0.25, -0.2) is 0 Å². The molecule has 1 unspecified atom stereocenters. The fourth-order valence-corrected chi connectivity index (χ4v) is 1.96. The number of hydrogen-bond acceptors (Lipinski definition) is 2. The standard InChI is InChI=1S/C9H8Br2O3/c10-6-3-1-2-5(9(6)11)7(12)4-8(13)14/h1-3,7,12H,4H2,(H,13,14). The van der Waals surface area contributed by atoms with Crippen molar-refractivity contribution >= 4 is 37.8 Å². The summed E-state index contributed by atoms with van der Waals surface area (Å²) >= 11 is 6.55. The summed E-state index contributed by atoms with van der Waals surface area (Å²) in [5.41, 5.74) is 0.571. The van der Waals surface area contributed by atoms with E-state index in [9.17, 15) is 9.90 Å². The Morgan fingerprint density at radius 3 is 2.64 bits per heavy atom. The molecule has 0 spiro atoms. The van der Waals surface area contributed by atoms with Gasteiger partial charge < -0.3 is 10.2 Å². The third-order valence-electron chi connectivity index (χ3n) is 1.71. The van der Waals surface area contributed by atoms with Crippen molar-refractivity contribution in [2.24, 2.45) is 0 Å². The molecule has 3 nitrogen and oxygen atoms in total. The van der Waals surface area contributed by atoms with Crippen LogP contribution in [-0.2, 0) is 4.79 Å². The minimum atomic E-state index is -1.02. The Bertz CT molecular complexity index is 352. The average molecular weight is 324 g/mol. The Labute approximate surface area is 98.0 Å². The lowest BCUT2D eigenvalue weighted by molar-refractivity contribution is -0.139. The van der Waals surface area contributed by atoms with Crippen LogP contribution >= 0.6 is 31.9 Å². The van der Waals surface area contributed by atoms with Crippen molar-refractivity contribution in [1.29, 1.82) is 0 Å². The van der Waals surface area contributed by atoms with E-state index in [1.807, 2.05) is 0 Å². The van der Waals surface area contributed by atoms with Crippen molar-refractivity contribution in [1.82, 2.24) is 0 Å². The average Bonchev–Trinajstić information content (AvgIpc) is 2.08. The van der Waals surface area contributed by atoms with E-state index in [-0.39, 0.29) is 6.42 Å². The first-order valence-electron chi connectivity index (χ1n) is 3.86. The predicted octanol–water partition coefficient (Wildman–Crippen LogP) is 2.72. The van der Waals surface area contributed by atoms with E-state index in [2.05, 4.69) is 31.9 Å². The lowest BCUT2D eigenvalue weighted by Crippen LogP contribution is -2.06. The number of benzene rings is 1. The molecule has 2 N–H and O–H groups in total. The first-order chi connectivity index (χ1) is 6.52. The van der Waals surface area contributed by atoms with Gasteiger partial charge in [-0.3, -0.25) is 4.79 Å². The number of aliphatic hydroxyl groups excluding tert-OH is 1. The van der Waals surface area contributed by atoms with Crippen LogP contribution in [0.5, 0.6) is 0 Å². The first-order valence-corrected chi connectivity index (χ1v) is 5.44. The summed E-state index contributed by atoms with van der Waals surface area (Å²) in [6.07, 6.45) is -1.28. The molecule has 0 aliphatic heterocycles. The van der Waals surface area contributed by atoms with E-state index >= 15 is 0 Å². The molecule has 0 amide bonds. The van der Waals surface area contributed by atoms with E-state index < -0.39 is 12.1 Å². The van der Waals surface area contributed by atoms with Crippen molar-refractivity contribution in [3.05, 3.63) is 32.7 Å². The zero-order valence-electron chi connectivity index (χ0n) is 7.08. The maximum atomic E-state index is 10.4. The lowest BCUT2D eigenvalue weighted by atomic mass is 10.1. The second kappa shape index (κ2) is 4.91. The van der Waals surface area contributed by atoms with Crippen LogP contribution in [0.1, 0.15) is 18.1 Å². The number of carbonyl (C=O) groups is 1. The molecule has 0 radical (unpaired) electrons. The van der Waals surface area contributed by atoms with Gasteiger partial charge in [-0.05, 0) is 43.5 Å². The second-order valence-corrected chi connectivity index (χ2v) is 4.40. The van der Waals surface area contributed by atoms with Crippen molar-refractivity contribution in [2.45, 2.75) is 12.5 Å². The Morgan fingerprint density at radius 1 is 1.43 bits per heavy atom. The van der Waals surface area contributed by atoms with Gasteiger partial charge in [-0.15, -0.1) is 0 Å². The Kier molecular flexibility index (Phi) is 4.10. The Morgan fingerprint density at radius 2 is 2.07 bits per heavy atom. The molecule has 1 aromatic carbocycles. The van der Waals surface area contributed by atoms with Gasteiger partial charge in [0.05, 0.1) is 12.5 Å². The van der Waals surface area contributed by atoms with Gasteiger partial charge in [0.2, 0.25) is 0 Å². The van der Waals surface area contributed by atoms with Crippen LogP contribution in [0.15, 0.2) is 27.1 Å². The minimum Gasteiger partial charge on any atom is -0.481 e. The molecule has 5 heteroatoms. The molecule has 0 heterocycles. The lowest BCUT2D eigenvalue weighted by Gasteiger charge is -2.11. The molecule has 0 aliphatic rings. The van der Waals surface area contributed by atoms with Crippen LogP contribution in [0.4, 0.5) is 0 Å². The number of halogens is 2. The molecular formula is C9H8Br2O3. The quantitative estimate of drug-likeness (QED) is 0.899. The van der Waals surface area contributed by atoms with Crippen LogP contribution in [0.25, 0.3) is 0 Å². The smallest absolute Gasteiger partial charge is 0.306 e. The van der Waals surface area contributed by atoms with Gasteiger partial charge in [0.15, 0.2) is 0 Å². The summed E-state index contributed by atoms with van der Waals surface area (Å²) in [4.78, 5) is 10.4. The third kappa shape index (κ3) is 2.80. The van der Waals surface area contributed by atoms with E-state index in [0.717, 1.165) is 4.47 Å². The van der Waals surface area contributed by atoms with Gasteiger partial charge in [-0.2, -0.15) is 0 Å². The van der Waals surface area contributed by atoms with Gasteiger partial charge in [-0.1, -0.05) is 12.1 Å². The molecule has 76 valence electrons. The van der Waals surface area contributed by atoms with Gasteiger partial charge in [0.25, 0.3) is 0 Å². The highest BCUT2D eigenvalue weighted by Gasteiger charge is 2.15. The number of carboxylic acids is 1. The minimum absolute atomic E-state index is 0.297. The van der Waals surface area contributed by atoms with Crippen molar-refractivity contribution in [2.75, 3.05) is 0 Å². The third-order valence-corrected chi connectivity index (χ3v) is 3.79. The zero-order valence-corrected chi connectivity index (χ0v) is 10.2. The van der Waals surface area contributed by atoms with Gasteiger partial charge >= 0.3 is 5.97 Å². The molecular weight excluding hydrogens is 316 g/mol. The molecule has 1 rings (SSSR count). The first kappa shape index (κ1) is 11.7. The maximum absolute atomic E-state index is 10.4. The fourth-order valence-electron chi connectivity index (χ4n) is 1.05. The number of rotatable bonds is 3. The van der Waals surface area contributed by atoms with Crippen LogP contribution < -0.4 is 0 Å². The highest BCUT2D eigenvalue weighted by molar-refractivity contribution is 9.13. The fraction of sp³-hybridized carbons (Fsp3) is 0.222. The van der Waals surface area contributed by atoms with Crippen LogP contribution in [0.2, 0.25) is 0 Å². The zero-order chi connectivity index (χ0) is 10.7. The summed E-state index contributed by atoms with van der Waals surface area (Å²) in [5.74, 6) is -1.02. The number of hydrogen-bond donors (Lipinski definition) is 2. The molecule has 0 saturated heterocycles. The molecule has 0 fully saturated rings. The molecule has 0 bridgehead atoms. The highest BCUT2D eigenvalue weighted by Crippen LogP contribution is 2.31. The second-order valence-electron chi connectivity index (χ2n) is 2.76. The van der Waals surface area contributed by atoms with Crippen molar-refractivity contribution in [3.8, 4) is 0 Å². The van der Waals surface area contributed by atoms with Crippen molar-refractivity contribution < 1.29 is 15.0 Å². The summed E-state index contributed by atoms with van der Waals surface area (Å²) in [7, 11) is 0. The van der Waals surface area contributed by atoms with Crippen LogP contribution in [0.3, 0.4) is 0 Å². The maximum Gasteiger partial charge on any atom is 0.306 e. The normalized spacial score (nSPS) is 12.5. The number of aliphatic hydroxyl groups is 1. The van der Waals surface area contributed by atoms with Crippen LogP contribution in [0, 0.1) is 0 Å².